The van der Waals surface area contributed by atoms with Crippen molar-refractivity contribution >= 4 is 14.0 Å². The molecule has 0 aliphatic rings. The molecule has 0 unspecified atom stereocenters. The van der Waals surface area contributed by atoms with Crippen molar-refractivity contribution in [1.82, 2.24) is 0 Å². The number of carbonyl (C=O) groups is 1. The lowest BCUT2D eigenvalue weighted by molar-refractivity contribution is -0.138. The van der Waals surface area contributed by atoms with Gasteiger partial charge >= 0.3 is 12.1 Å². The summed E-state index contributed by atoms with van der Waals surface area (Å²) in [6, 6.07) is 1.84. The minimum Gasteiger partial charge on any atom is -0.463 e. The molecule has 18 heavy (non-hydrogen) atoms. The van der Waals surface area contributed by atoms with E-state index in [1.807, 2.05) is 20.8 Å². The third kappa shape index (κ3) is 4.47. The number of ether oxygens (including phenoxy) is 1. The van der Waals surface area contributed by atoms with Crippen LogP contribution in [0.4, 0.5) is 13.2 Å². The maximum Gasteiger partial charge on any atom is 0.409 e. The highest BCUT2D eigenvalue weighted by atomic mass is 28.3. The topological polar surface area (TPSA) is 26.3 Å². The first-order chi connectivity index (χ1) is 8.26. The van der Waals surface area contributed by atoms with Crippen molar-refractivity contribution in [3.05, 3.63) is 11.3 Å². The number of hydrogen-bond acceptors (Lipinski definition) is 2. The summed E-state index contributed by atoms with van der Waals surface area (Å²) in [6.45, 7) is 7.24. The lowest BCUT2D eigenvalue weighted by atomic mass is 10.5. The second kappa shape index (κ2) is 6.97. The number of hydrogen-bond donors (Lipinski definition) is 0. The van der Waals surface area contributed by atoms with Crippen molar-refractivity contribution in [2.45, 2.75) is 52.0 Å². The van der Waals surface area contributed by atoms with Gasteiger partial charge in [0, 0.05) is 11.3 Å². The number of alkyl halides is 3. The molecular weight excluding hydrogens is 261 g/mol. The average molecular weight is 282 g/mol. The smallest absolute Gasteiger partial charge is 0.409 e. The van der Waals surface area contributed by atoms with Crippen molar-refractivity contribution < 1.29 is 22.7 Å². The van der Waals surface area contributed by atoms with Crippen LogP contribution in [0.3, 0.4) is 0 Å². The Morgan fingerprint density at radius 1 is 1.11 bits per heavy atom. The molecule has 0 amide bonds. The summed E-state index contributed by atoms with van der Waals surface area (Å²) in [6.07, 6.45) is -4.31. The number of carbonyl (C=O) groups excluding carboxylic acids is 1. The van der Waals surface area contributed by atoms with Crippen LogP contribution in [0.5, 0.6) is 0 Å². The molecule has 106 valence electrons. The number of esters is 1. The molecule has 0 rings (SSSR count). The van der Waals surface area contributed by atoms with E-state index in [-0.39, 0.29) is 17.9 Å². The fourth-order valence-corrected chi connectivity index (χ4v) is 5.74. The molecule has 0 heterocycles. The SMILES string of the molecule is CCOC(=O)/C(=C\C(F)(F)F)[Si](CC)(CC)CC. The Kier molecular flexibility index (Phi) is 6.66. The standard InChI is InChI=1S/C12H21F3O2Si/c1-5-17-11(16)10(9-12(13,14)15)18(6-2,7-3)8-4/h9H,5-8H2,1-4H3/b10-9+. The molecule has 0 aromatic heterocycles. The lowest BCUT2D eigenvalue weighted by Gasteiger charge is -2.30. The van der Waals surface area contributed by atoms with Crippen molar-refractivity contribution in [2.24, 2.45) is 0 Å². The van der Waals surface area contributed by atoms with Crippen LogP contribution in [0.25, 0.3) is 0 Å². The summed E-state index contributed by atoms with van der Waals surface area (Å²) in [5.74, 6) is -0.799. The molecule has 0 bridgehead atoms. The highest BCUT2D eigenvalue weighted by Gasteiger charge is 2.40. The average Bonchev–Trinajstić information content (AvgIpc) is 2.29. The van der Waals surface area contributed by atoms with Crippen LogP contribution in [0.15, 0.2) is 11.3 Å². The molecule has 0 aromatic carbocycles. The van der Waals surface area contributed by atoms with Crippen LogP contribution in [-0.2, 0) is 9.53 Å². The number of halogens is 3. The van der Waals surface area contributed by atoms with Gasteiger partial charge in [0.1, 0.15) is 0 Å². The predicted octanol–water partition coefficient (Wildman–Crippen LogP) is 4.09. The summed E-state index contributed by atoms with van der Waals surface area (Å²) >= 11 is 0. The Labute approximate surface area is 107 Å². The van der Waals surface area contributed by atoms with E-state index in [9.17, 15) is 18.0 Å². The van der Waals surface area contributed by atoms with Crippen LogP contribution >= 0.6 is 0 Å². The normalized spacial score (nSPS) is 13.6. The zero-order valence-corrected chi connectivity index (χ0v) is 12.4. The third-order valence-corrected chi connectivity index (χ3v) is 8.96. The third-order valence-electron chi connectivity index (χ3n) is 3.41. The van der Waals surface area contributed by atoms with Crippen LogP contribution in [0.1, 0.15) is 27.7 Å². The maximum atomic E-state index is 12.6. The van der Waals surface area contributed by atoms with Gasteiger partial charge in [-0.2, -0.15) is 13.2 Å². The van der Waals surface area contributed by atoms with Gasteiger partial charge in [-0.1, -0.05) is 38.9 Å². The van der Waals surface area contributed by atoms with Gasteiger partial charge in [0.25, 0.3) is 0 Å². The van der Waals surface area contributed by atoms with E-state index >= 15 is 0 Å². The Morgan fingerprint density at radius 3 is 1.83 bits per heavy atom. The minimum absolute atomic E-state index is 0.0929. The van der Waals surface area contributed by atoms with Gasteiger partial charge in [-0.25, -0.2) is 4.79 Å². The van der Waals surface area contributed by atoms with E-state index in [2.05, 4.69) is 0 Å². The van der Waals surface area contributed by atoms with Gasteiger partial charge in [-0.15, -0.1) is 0 Å². The molecule has 0 spiro atoms. The number of rotatable bonds is 6. The molecule has 0 fully saturated rings. The predicted molar refractivity (Wildman–Crippen MR) is 68.0 cm³/mol. The monoisotopic (exact) mass is 282 g/mol. The molecule has 0 N–H and O–H groups in total. The van der Waals surface area contributed by atoms with Gasteiger partial charge in [-0.3, -0.25) is 0 Å². The van der Waals surface area contributed by atoms with Gasteiger partial charge in [0.05, 0.1) is 14.7 Å². The summed E-state index contributed by atoms with van der Waals surface area (Å²) in [7, 11) is -2.39. The summed E-state index contributed by atoms with van der Waals surface area (Å²) in [4.78, 5) is 11.8. The second-order valence-electron chi connectivity index (χ2n) is 4.16. The van der Waals surface area contributed by atoms with Gasteiger partial charge in [-0.05, 0) is 6.92 Å². The van der Waals surface area contributed by atoms with E-state index in [0.717, 1.165) is 0 Å². The lowest BCUT2D eigenvalue weighted by Crippen LogP contribution is -2.40. The fraction of sp³-hybridized carbons (Fsp3) is 0.750. The van der Waals surface area contributed by atoms with E-state index in [1.54, 1.807) is 6.92 Å². The zero-order chi connectivity index (χ0) is 14.4. The van der Waals surface area contributed by atoms with Gasteiger partial charge in [0.2, 0.25) is 0 Å². The van der Waals surface area contributed by atoms with Crippen molar-refractivity contribution in [3.63, 3.8) is 0 Å². The zero-order valence-electron chi connectivity index (χ0n) is 11.4. The van der Waals surface area contributed by atoms with E-state index in [4.69, 9.17) is 4.74 Å². The highest BCUT2D eigenvalue weighted by molar-refractivity contribution is 6.90. The van der Waals surface area contributed by atoms with Crippen molar-refractivity contribution in [2.75, 3.05) is 6.61 Å². The molecular formula is C12H21F3O2Si. The second-order valence-corrected chi connectivity index (χ2v) is 9.38. The molecule has 0 aliphatic heterocycles. The quantitative estimate of drug-likeness (QED) is 0.417. The fourth-order valence-electron chi connectivity index (χ4n) is 2.12. The first-order valence-corrected chi connectivity index (χ1v) is 8.85. The highest BCUT2D eigenvalue weighted by Crippen LogP contribution is 2.32. The first-order valence-electron chi connectivity index (χ1n) is 6.23. The Bertz CT molecular complexity index is 299. The van der Waals surface area contributed by atoms with Crippen molar-refractivity contribution in [1.29, 1.82) is 0 Å². The van der Waals surface area contributed by atoms with E-state index in [1.165, 1.54) is 0 Å². The Morgan fingerprint density at radius 2 is 1.56 bits per heavy atom. The van der Waals surface area contributed by atoms with E-state index in [0.29, 0.717) is 18.1 Å². The first kappa shape index (κ1) is 17.2. The summed E-state index contributed by atoms with van der Waals surface area (Å²) < 4.78 is 42.5. The Balaban J connectivity index is 5.59. The molecule has 0 aromatic rings. The van der Waals surface area contributed by atoms with Crippen LogP contribution in [0, 0.1) is 0 Å². The van der Waals surface area contributed by atoms with Crippen LogP contribution in [0.2, 0.25) is 18.1 Å². The molecule has 0 radical (unpaired) electrons. The van der Waals surface area contributed by atoms with Crippen LogP contribution in [-0.4, -0.2) is 26.8 Å². The maximum absolute atomic E-state index is 12.6. The minimum atomic E-state index is -4.47. The summed E-state index contributed by atoms with van der Waals surface area (Å²) in [5, 5.41) is -0.121. The Hall–Kier alpha value is -0.783. The number of allylic oxidation sites excluding steroid dienone is 1. The van der Waals surface area contributed by atoms with E-state index < -0.39 is 20.2 Å². The molecule has 2 nitrogen and oxygen atoms in total. The van der Waals surface area contributed by atoms with Gasteiger partial charge < -0.3 is 4.74 Å². The largest absolute Gasteiger partial charge is 0.463 e. The van der Waals surface area contributed by atoms with Gasteiger partial charge in [0.15, 0.2) is 0 Å². The summed E-state index contributed by atoms with van der Waals surface area (Å²) in [5.41, 5.74) is 0. The van der Waals surface area contributed by atoms with Crippen molar-refractivity contribution in [3.8, 4) is 0 Å². The molecule has 0 aliphatic carbocycles. The molecule has 0 atom stereocenters. The molecule has 0 saturated carbocycles. The van der Waals surface area contributed by atoms with Crippen LogP contribution < -0.4 is 0 Å². The molecule has 6 heteroatoms. The molecule has 0 saturated heterocycles.